The van der Waals surface area contributed by atoms with Crippen molar-refractivity contribution in [3.8, 4) is 16.9 Å². The average molecular weight is 501 g/mol. The summed E-state index contributed by atoms with van der Waals surface area (Å²) in [5, 5.41) is 7.87. The van der Waals surface area contributed by atoms with Gasteiger partial charge in [0.05, 0.1) is 16.3 Å². The Morgan fingerprint density at radius 1 is 0.861 bits per heavy atom. The van der Waals surface area contributed by atoms with Crippen molar-refractivity contribution >= 4 is 15.9 Å². The number of benzene rings is 3. The highest BCUT2D eigenvalue weighted by atomic mass is 32.2. The maximum Gasteiger partial charge on any atom is 0.243 e. The zero-order valence-electron chi connectivity index (χ0n) is 19.8. The molecule has 1 saturated heterocycles. The van der Waals surface area contributed by atoms with Crippen LogP contribution in [-0.4, -0.2) is 41.5 Å². The van der Waals surface area contributed by atoms with E-state index in [9.17, 15) is 13.2 Å². The Labute approximate surface area is 211 Å². The Kier molecular flexibility index (Phi) is 6.97. The van der Waals surface area contributed by atoms with Gasteiger partial charge in [-0.05, 0) is 37.1 Å². The van der Waals surface area contributed by atoms with Crippen LogP contribution in [0, 0.1) is 5.92 Å². The molecule has 36 heavy (non-hydrogen) atoms. The molecule has 1 N–H and O–H groups in total. The molecule has 1 aliphatic heterocycles. The molecule has 4 aromatic rings. The Bertz CT molecular complexity index is 1410. The van der Waals surface area contributed by atoms with Crippen LogP contribution in [0.4, 0.5) is 0 Å². The first-order chi connectivity index (χ1) is 17.5. The predicted octanol–water partition coefficient (Wildman–Crippen LogP) is 4.26. The molecule has 0 saturated carbocycles. The molecular weight excluding hydrogens is 472 g/mol. The van der Waals surface area contributed by atoms with Gasteiger partial charge in [0.25, 0.3) is 0 Å². The van der Waals surface area contributed by atoms with E-state index < -0.39 is 10.0 Å². The number of hydrogen-bond donors (Lipinski definition) is 1. The number of sulfonamides is 1. The summed E-state index contributed by atoms with van der Waals surface area (Å²) in [6, 6.07) is 28.2. The fourth-order valence-corrected chi connectivity index (χ4v) is 6.01. The Morgan fingerprint density at radius 2 is 1.44 bits per heavy atom. The average Bonchev–Trinajstić information content (AvgIpc) is 3.37. The summed E-state index contributed by atoms with van der Waals surface area (Å²) >= 11 is 0. The van der Waals surface area contributed by atoms with Crippen molar-refractivity contribution in [2.24, 2.45) is 5.92 Å². The van der Waals surface area contributed by atoms with E-state index in [1.807, 2.05) is 71.5 Å². The predicted molar refractivity (Wildman–Crippen MR) is 139 cm³/mol. The third kappa shape index (κ3) is 5.10. The van der Waals surface area contributed by atoms with E-state index in [1.54, 1.807) is 30.3 Å². The third-order valence-corrected chi connectivity index (χ3v) is 8.43. The van der Waals surface area contributed by atoms with Crippen LogP contribution in [0.3, 0.4) is 0 Å². The second-order valence-corrected chi connectivity index (χ2v) is 10.8. The second kappa shape index (κ2) is 10.5. The summed E-state index contributed by atoms with van der Waals surface area (Å²) in [6.07, 6.45) is 2.94. The van der Waals surface area contributed by atoms with Gasteiger partial charge in [-0.2, -0.15) is 9.40 Å². The van der Waals surface area contributed by atoms with Crippen molar-refractivity contribution in [1.29, 1.82) is 0 Å². The van der Waals surface area contributed by atoms with Gasteiger partial charge >= 0.3 is 0 Å². The summed E-state index contributed by atoms with van der Waals surface area (Å²) in [5.41, 5.74) is 3.67. The summed E-state index contributed by atoms with van der Waals surface area (Å²) < 4.78 is 29.1. The summed E-state index contributed by atoms with van der Waals surface area (Å²) in [5.74, 6) is -0.283. The van der Waals surface area contributed by atoms with E-state index >= 15 is 0 Å². The molecule has 8 heteroatoms. The highest BCUT2D eigenvalue weighted by Crippen LogP contribution is 2.26. The summed E-state index contributed by atoms with van der Waals surface area (Å²) in [4.78, 5) is 13.3. The maximum absolute atomic E-state index is 13.0. The standard InChI is InChI=1S/C28H28N4O3S/c33-28(23-16-18-31(19-17-23)36(34,35)26-14-8-3-9-15-26)29-20-24-21-32(25-12-6-2-7-13-25)30-27(24)22-10-4-1-5-11-22/h1-15,21,23H,16-20H2,(H,29,33). The molecule has 1 aromatic heterocycles. The minimum atomic E-state index is -3.54. The van der Waals surface area contributed by atoms with Crippen LogP contribution in [0.25, 0.3) is 16.9 Å². The number of amides is 1. The monoisotopic (exact) mass is 500 g/mol. The lowest BCUT2D eigenvalue weighted by Crippen LogP contribution is -2.42. The number of carbonyl (C=O) groups is 1. The van der Waals surface area contributed by atoms with Crippen LogP contribution >= 0.6 is 0 Å². The number of hydrogen-bond acceptors (Lipinski definition) is 4. The summed E-state index contributed by atoms with van der Waals surface area (Å²) in [7, 11) is -3.54. The summed E-state index contributed by atoms with van der Waals surface area (Å²) in [6.45, 7) is 1.01. The largest absolute Gasteiger partial charge is 0.352 e. The van der Waals surface area contributed by atoms with E-state index in [0.717, 1.165) is 22.5 Å². The number of carbonyl (C=O) groups excluding carboxylic acids is 1. The molecular formula is C28H28N4O3S. The Balaban J connectivity index is 1.26. The van der Waals surface area contributed by atoms with E-state index in [0.29, 0.717) is 32.5 Å². The molecule has 2 heterocycles. The zero-order valence-corrected chi connectivity index (χ0v) is 20.6. The van der Waals surface area contributed by atoms with Gasteiger partial charge < -0.3 is 5.32 Å². The van der Waals surface area contributed by atoms with Crippen molar-refractivity contribution in [3.63, 3.8) is 0 Å². The SMILES string of the molecule is O=C(NCc1cn(-c2ccccc2)nc1-c1ccccc1)C1CCN(S(=O)(=O)c2ccccc2)CC1. The van der Waals surface area contributed by atoms with Crippen molar-refractivity contribution in [3.05, 3.63) is 103 Å². The number of nitrogens with zero attached hydrogens (tertiary/aromatic N) is 3. The van der Waals surface area contributed by atoms with Gasteiger partial charge in [-0.1, -0.05) is 66.7 Å². The van der Waals surface area contributed by atoms with Crippen LogP contribution in [0.2, 0.25) is 0 Å². The normalized spacial score (nSPS) is 15.0. The van der Waals surface area contributed by atoms with Gasteiger partial charge in [0.1, 0.15) is 0 Å². The van der Waals surface area contributed by atoms with E-state index in [1.165, 1.54) is 4.31 Å². The molecule has 0 aliphatic carbocycles. The Morgan fingerprint density at radius 3 is 2.08 bits per heavy atom. The molecule has 1 fully saturated rings. The van der Waals surface area contributed by atoms with E-state index in [2.05, 4.69) is 5.32 Å². The minimum absolute atomic E-state index is 0.0572. The molecule has 184 valence electrons. The topological polar surface area (TPSA) is 84.3 Å². The van der Waals surface area contributed by atoms with Gasteiger partial charge in [-0.15, -0.1) is 0 Å². The van der Waals surface area contributed by atoms with Crippen molar-refractivity contribution < 1.29 is 13.2 Å². The first-order valence-corrected chi connectivity index (χ1v) is 13.5. The van der Waals surface area contributed by atoms with Crippen LogP contribution in [0.5, 0.6) is 0 Å². The fraction of sp³-hybridized carbons (Fsp3) is 0.214. The highest BCUT2D eigenvalue weighted by Gasteiger charge is 2.32. The van der Waals surface area contributed by atoms with E-state index in [-0.39, 0.29) is 16.7 Å². The first kappa shape index (κ1) is 24.0. The highest BCUT2D eigenvalue weighted by molar-refractivity contribution is 7.89. The van der Waals surface area contributed by atoms with Crippen LogP contribution in [0.1, 0.15) is 18.4 Å². The van der Waals surface area contributed by atoms with Gasteiger partial charge in [-0.25, -0.2) is 13.1 Å². The van der Waals surface area contributed by atoms with Crippen molar-refractivity contribution in [2.75, 3.05) is 13.1 Å². The first-order valence-electron chi connectivity index (χ1n) is 12.0. The molecule has 3 aromatic carbocycles. The van der Waals surface area contributed by atoms with Gasteiger partial charge in [0, 0.05) is 42.9 Å². The van der Waals surface area contributed by atoms with Crippen LogP contribution < -0.4 is 5.32 Å². The van der Waals surface area contributed by atoms with Crippen molar-refractivity contribution in [1.82, 2.24) is 19.4 Å². The molecule has 0 radical (unpaired) electrons. The molecule has 5 rings (SSSR count). The maximum atomic E-state index is 13.0. The minimum Gasteiger partial charge on any atom is -0.352 e. The number of piperidine rings is 1. The number of rotatable bonds is 7. The molecule has 0 spiro atoms. The molecule has 1 aliphatic rings. The Hall–Kier alpha value is -3.75. The zero-order chi connectivity index (χ0) is 25.0. The van der Waals surface area contributed by atoms with Crippen LogP contribution in [0.15, 0.2) is 102 Å². The number of para-hydroxylation sites is 1. The van der Waals surface area contributed by atoms with E-state index in [4.69, 9.17) is 5.10 Å². The fourth-order valence-electron chi connectivity index (χ4n) is 4.52. The lowest BCUT2D eigenvalue weighted by atomic mass is 9.97. The third-order valence-electron chi connectivity index (χ3n) is 6.52. The van der Waals surface area contributed by atoms with Gasteiger partial charge in [0.15, 0.2) is 0 Å². The smallest absolute Gasteiger partial charge is 0.243 e. The lowest BCUT2D eigenvalue weighted by molar-refractivity contribution is -0.126. The van der Waals surface area contributed by atoms with Crippen LogP contribution in [-0.2, 0) is 21.4 Å². The molecule has 1 amide bonds. The van der Waals surface area contributed by atoms with Gasteiger partial charge in [0.2, 0.25) is 15.9 Å². The van der Waals surface area contributed by atoms with Gasteiger partial charge in [-0.3, -0.25) is 4.79 Å². The quantitative estimate of drug-likeness (QED) is 0.411. The second-order valence-electron chi connectivity index (χ2n) is 8.86. The lowest BCUT2D eigenvalue weighted by Gasteiger charge is -2.30. The molecule has 0 atom stereocenters. The molecule has 0 unspecified atom stereocenters. The number of aromatic nitrogens is 2. The molecule has 7 nitrogen and oxygen atoms in total. The van der Waals surface area contributed by atoms with Crippen molar-refractivity contribution in [2.45, 2.75) is 24.3 Å². The number of nitrogens with one attached hydrogen (secondary N) is 1. The molecule has 0 bridgehead atoms.